The maximum atomic E-state index is 5.68. The Bertz CT molecular complexity index is 328. The van der Waals surface area contributed by atoms with Crippen LogP contribution in [0.1, 0.15) is 49.0 Å². The van der Waals surface area contributed by atoms with Gasteiger partial charge in [-0.05, 0) is 39.3 Å². The van der Waals surface area contributed by atoms with Crippen molar-refractivity contribution in [2.24, 2.45) is 5.92 Å². The number of rotatable bonds is 4. The highest BCUT2D eigenvalue weighted by Gasteiger charge is 2.23. The molecule has 0 saturated heterocycles. The van der Waals surface area contributed by atoms with Crippen molar-refractivity contribution in [2.45, 2.75) is 47.1 Å². The van der Waals surface area contributed by atoms with Gasteiger partial charge in [-0.15, -0.1) is 0 Å². The molecule has 0 aliphatic heterocycles. The molecule has 2 unspecified atom stereocenters. The van der Waals surface area contributed by atoms with E-state index in [0.29, 0.717) is 12.0 Å². The summed E-state index contributed by atoms with van der Waals surface area (Å²) in [6.45, 7) is 10.8. The molecule has 0 radical (unpaired) electrons. The van der Waals surface area contributed by atoms with Crippen LogP contribution in [0.4, 0.5) is 0 Å². The van der Waals surface area contributed by atoms with Crippen LogP contribution in [0.15, 0.2) is 4.42 Å². The Morgan fingerprint density at radius 1 is 1.20 bits per heavy atom. The van der Waals surface area contributed by atoms with Gasteiger partial charge < -0.3 is 9.73 Å². The van der Waals surface area contributed by atoms with Crippen LogP contribution in [0.25, 0.3) is 0 Å². The lowest BCUT2D eigenvalue weighted by molar-refractivity contribution is 0.391. The maximum absolute atomic E-state index is 5.68. The molecule has 2 atom stereocenters. The second kappa shape index (κ2) is 4.84. The summed E-state index contributed by atoms with van der Waals surface area (Å²) in [6, 6.07) is 0.410. The Morgan fingerprint density at radius 3 is 2.13 bits per heavy atom. The van der Waals surface area contributed by atoms with Crippen LogP contribution in [-0.4, -0.2) is 7.05 Å². The van der Waals surface area contributed by atoms with Crippen LogP contribution in [0.3, 0.4) is 0 Å². The quantitative estimate of drug-likeness (QED) is 0.821. The molecule has 0 aromatic carbocycles. The minimum absolute atomic E-state index is 0.410. The Morgan fingerprint density at radius 2 is 1.80 bits per heavy atom. The molecule has 0 amide bonds. The van der Waals surface area contributed by atoms with Gasteiger partial charge in [0.1, 0.15) is 11.5 Å². The Balaban J connectivity index is 3.11. The topological polar surface area (TPSA) is 25.2 Å². The van der Waals surface area contributed by atoms with Crippen molar-refractivity contribution in [3.05, 3.63) is 22.6 Å². The first-order chi connectivity index (χ1) is 7.02. The molecule has 2 nitrogen and oxygen atoms in total. The predicted octanol–water partition coefficient (Wildman–Crippen LogP) is 3.51. The van der Waals surface area contributed by atoms with Crippen molar-refractivity contribution in [1.82, 2.24) is 5.32 Å². The third kappa shape index (κ3) is 2.25. The van der Waals surface area contributed by atoms with Crippen LogP contribution in [0.5, 0.6) is 0 Å². The highest BCUT2D eigenvalue weighted by molar-refractivity contribution is 5.34. The summed E-state index contributed by atoms with van der Waals surface area (Å²) in [6.07, 6.45) is 1.18. The zero-order valence-electron chi connectivity index (χ0n) is 10.8. The molecular formula is C13H23NO. The number of hydrogen-bond donors (Lipinski definition) is 1. The van der Waals surface area contributed by atoms with E-state index in [-0.39, 0.29) is 0 Å². The zero-order chi connectivity index (χ0) is 11.6. The Kier molecular flexibility index (Phi) is 3.97. The number of nitrogens with one attached hydrogen (secondary N) is 1. The fourth-order valence-electron chi connectivity index (χ4n) is 2.22. The summed E-state index contributed by atoms with van der Waals surface area (Å²) < 4.78 is 5.68. The summed E-state index contributed by atoms with van der Waals surface area (Å²) >= 11 is 0. The first-order valence-corrected chi connectivity index (χ1v) is 5.76. The van der Waals surface area contributed by atoms with Crippen molar-refractivity contribution in [3.63, 3.8) is 0 Å². The fraction of sp³-hybridized carbons (Fsp3) is 0.692. The Hall–Kier alpha value is -0.760. The van der Waals surface area contributed by atoms with Gasteiger partial charge in [0.05, 0.1) is 0 Å². The molecule has 0 bridgehead atoms. The zero-order valence-corrected chi connectivity index (χ0v) is 10.8. The second-order valence-electron chi connectivity index (χ2n) is 4.40. The first kappa shape index (κ1) is 12.3. The van der Waals surface area contributed by atoms with Crippen molar-refractivity contribution in [3.8, 4) is 0 Å². The van der Waals surface area contributed by atoms with Gasteiger partial charge in [-0.25, -0.2) is 0 Å². The van der Waals surface area contributed by atoms with E-state index < -0.39 is 0 Å². The summed E-state index contributed by atoms with van der Waals surface area (Å²) in [5.74, 6) is 2.74. The summed E-state index contributed by atoms with van der Waals surface area (Å²) in [5.41, 5.74) is 2.65. The van der Waals surface area contributed by atoms with Crippen LogP contribution < -0.4 is 5.32 Å². The molecule has 0 saturated carbocycles. The van der Waals surface area contributed by atoms with Crippen LogP contribution in [0, 0.1) is 26.7 Å². The lowest BCUT2D eigenvalue weighted by Crippen LogP contribution is -2.24. The van der Waals surface area contributed by atoms with E-state index in [4.69, 9.17) is 4.42 Å². The minimum Gasteiger partial charge on any atom is -0.466 e. The third-order valence-electron chi connectivity index (χ3n) is 3.45. The molecule has 0 fully saturated rings. The van der Waals surface area contributed by atoms with E-state index in [1.165, 1.54) is 17.5 Å². The largest absolute Gasteiger partial charge is 0.466 e. The highest BCUT2D eigenvalue weighted by Crippen LogP contribution is 2.32. The summed E-state index contributed by atoms with van der Waals surface area (Å²) in [7, 11) is 2.03. The lowest BCUT2D eigenvalue weighted by atomic mass is 9.90. The minimum atomic E-state index is 0.410. The number of hydrogen-bond acceptors (Lipinski definition) is 2. The van der Waals surface area contributed by atoms with Gasteiger partial charge in [0.2, 0.25) is 0 Å². The van der Waals surface area contributed by atoms with Gasteiger partial charge in [-0.3, -0.25) is 0 Å². The van der Waals surface area contributed by atoms with E-state index in [0.717, 1.165) is 11.5 Å². The molecule has 86 valence electrons. The van der Waals surface area contributed by atoms with Gasteiger partial charge in [0.15, 0.2) is 0 Å². The van der Waals surface area contributed by atoms with Crippen molar-refractivity contribution in [2.75, 3.05) is 7.05 Å². The summed E-state index contributed by atoms with van der Waals surface area (Å²) in [5, 5.41) is 3.40. The molecule has 1 aromatic rings. The molecule has 0 spiro atoms. The van der Waals surface area contributed by atoms with Crippen molar-refractivity contribution in [1.29, 1.82) is 0 Å². The van der Waals surface area contributed by atoms with Gasteiger partial charge in [-0.1, -0.05) is 20.3 Å². The predicted molar refractivity (Wildman–Crippen MR) is 64.2 cm³/mol. The van der Waals surface area contributed by atoms with Gasteiger partial charge in [0.25, 0.3) is 0 Å². The second-order valence-corrected chi connectivity index (χ2v) is 4.40. The van der Waals surface area contributed by atoms with Crippen molar-refractivity contribution >= 4 is 0 Å². The van der Waals surface area contributed by atoms with E-state index in [2.05, 4.69) is 33.0 Å². The van der Waals surface area contributed by atoms with E-state index in [1.807, 2.05) is 14.0 Å². The first-order valence-electron chi connectivity index (χ1n) is 5.76. The van der Waals surface area contributed by atoms with Crippen molar-refractivity contribution < 1.29 is 4.42 Å². The summed E-state index contributed by atoms with van der Waals surface area (Å²) in [4.78, 5) is 0. The average molecular weight is 209 g/mol. The van der Waals surface area contributed by atoms with Gasteiger partial charge in [0, 0.05) is 11.6 Å². The molecule has 15 heavy (non-hydrogen) atoms. The normalized spacial score (nSPS) is 15.3. The van der Waals surface area contributed by atoms with Gasteiger partial charge in [-0.2, -0.15) is 0 Å². The smallest absolute Gasteiger partial charge is 0.106 e. The molecule has 0 aliphatic carbocycles. The SMILES string of the molecule is CCC(C)C(NC)c1c(C)oc(C)c1C. The van der Waals surface area contributed by atoms with E-state index >= 15 is 0 Å². The standard InChI is InChI=1S/C13H23NO/c1-7-8(2)13(14-6)12-9(3)10(4)15-11(12)5/h8,13-14H,7H2,1-6H3. The molecule has 0 aliphatic rings. The Labute approximate surface area is 93.1 Å². The van der Waals surface area contributed by atoms with Crippen LogP contribution in [0.2, 0.25) is 0 Å². The number of furan rings is 1. The maximum Gasteiger partial charge on any atom is 0.106 e. The average Bonchev–Trinajstić information content (AvgIpc) is 2.45. The molecule has 2 heteroatoms. The monoisotopic (exact) mass is 209 g/mol. The highest BCUT2D eigenvalue weighted by atomic mass is 16.3. The molecule has 1 heterocycles. The fourth-order valence-corrected chi connectivity index (χ4v) is 2.22. The molecular weight excluding hydrogens is 186 g/mol. The van der Waals surface area contributed by atoms with Crippen LogP contribution >= 0.6 is 0 Å². The van der Waals surface area contributed by atoms with E-state index in [1.54, 1.807) is 0 Å². The van der Waals surface area contributed by atoms with Gasteiger partial charge >= 0.3 is 0 Å². The number of aryl methyl sites for hydroxylation is 2. The van der Waals surface area contributed by atoms with E-state index in [9.17, 15) is 0 Å². The lowest BCUT2D eigenvalue weighted by Gasteiger charge is -2.23. The molecule has 1 aromatic heterocycles. The molecule has 1 N–H and O–H groups in total. The molecule has 1 rings (SSSR count). The third-order valence-corrected chi connectivity index (χ3v) is 3.45. The van der Waals surface area contributed by atoms with Crippen LogP contribution in [-0.2, 0) is 0 Å².